The molecule has 1 saturated carbocycles. The summed E-state index contributed by atoms with van der Waals surface area (Å²) >= 11 is 0. The zero-order valence-corrected chi connectivity index (χ0v) is 12.2. The van der Waals surface area contributed by atoms with E-state index in [9.17, 15) is 9.90 Å². The van der Waals surface area contributed by atoms with Crippen molar-refractivity contribution in [3.05, 3.63) is 35.9 Å². The van der Waals surface area contributed by atoms with Crippen molar-refractivity contribution < 1.29 is 9.90 Å². The molecule has 2 rings (SSSR count). The fourth-order valence-electron chi connectivity index (χ4n) is 3.21. The van der Waals surface area contributed by atoms with Crippen LogP contribution in [-0.4, -0.2) is 24.2 Å². The van der Waals surface area contributed by atoms with Gasteiger partial charge in [-0.05, 0) is 36.8 Å². The number of benzene rings is 1. The molecule has 3 nitrogen and oxygen atoms in total. The van der Waals surface area contributed by atoms with Gasteiger partial charge in [0.2, 0.25) is 0 Å². The van der Waals surface area contributed by atoms with Crippen molar-refractivity contribution in [2.24, 2.45) is 11.8 Å². The number of rotatable bonds is 6. The Morgan fingerprint density at radius 2 is 2.10 bits per heavy atom. The summed E-state index contributed by atoms with van der Waals surface area (Å²) < 4.78 is 0. The van der Waals surface area contributed by atoms with Crippen LogP contribution in [-0.2, 0) is 4.79 Å². The van der Waals surface area contributed by atoms with E-state index in [-0.39, 0.29) is 0 Å². The molecule has 0 bridgehead atoms. The molecule has 0 spiro atoms. The van der Waals surface area contributed by atoms with E-state index in [1.807, 2.05) is 30.3 Å². The Hall–Kier alpha value is -1.35. The maximum absolute atomic E-state index is 11.4. The molecule has 1 aliphatic carbocycles. The van der Waals surface area contributed by atoms with E-state index in [4.69, 9.17) is 0 Å². The second kappa shape index (κ2) is 7.44. The van der Waals surface area contributed by atoms with Crippen molar-refractivity contribution in [2.45, 2.75) is 38.5 Å². The second-order valence-electron chi connectivity index (χ2n) is 6.10. The molecular weight excluding hydrogens is 250 g/mol. The molecule has 3 heteroatoms. The number of hydrogen-bond acceptors (Lipinski definition) is 2. The van der Waals surface area contributed by atoms with Gasteiger partial charge >= 0.3 is 5.97 Å². The Morgan fingerprint density at radius 1 is 1.35 bits per heavy atom. The topological polar surface area (TPSA) is 49.3 Å². The highest BCUT2D eigenvalue weighted by Gasteiger charge is 2.21. The lowest BCUT2D eigenvalue weighted by Crippen LogP contribution is -2.32. The van der Waals surface area contributed by atoms with Gasteiger partial charge in [-0.2, -0.15) is 0 Å². The predicted octanol–water partition coefficient (Wildman–Crippen LogP) is 3.27. The number of aliphatic carboxylic acids is 1. The van der Waals surface area contributed by atoms with Gasteiger partial charge in [-0.15, -0.1) is 0 Å². The van der Waals surface area contributed by atoms with Crippen LogP contribution in [0, 0.1) is 11.8 Å². The third-order valence-electron chi connectivity index (χ3n) is 4.33. The summed E-state index contributed by atoms with van der Waals surface area (Å²) in [5.41, 5.74) is 0.879. The Bertz CT molecular complexity index is 418. The fraction of sp³-hybridized carbons (Fsp3) is 0.588. The molecule has 1 fully saturated rings. The van der Waals surface area contributed by atoms with Crippen LogP contribution in [0.25, 0.3) is 0 Å². The van der Waals surface area contributed by atoms with Crippen LogP contribution >= 0.6 is 0 Å². The lowest BCUT2D eigenvalue weighted by Gasteiger charge is -2.27. The van der Waals surface area contributed by atoms with Crippen molar-refractivity contribution in [3.8, 4) is 0 Å². The van der Waals surface area contributed by atoms with E-state index in [0.29, 0.717) is 12.5 Å². The van der Waals surface area contributed by atoms with Crippen LogP contribution in [0.3, 0.4) is 0 Å². The average molecular weight is 275 g/mol. The Morgan fingerprint density at radius 3 is 2.75 bits per heavy atom. The third-order valence-corrected chi connectivity index (χ3v) is 4.33. The van der Waals surface area contributed by atoms with Gasteiger partial charge in [0.05, 0.1) is 5.92 Å². The summed E-state index contributed by atoms with van der Waals surface area (Å²) in [5, 5.41) is 12.7. The molecule has 110 valence electrons. The zero-order valence-electron chi connectivity index (χ0n) is 12.2. The quantitative estimate of drug-likeness (QED) is 0.837. The summed E-state index contributed by atoms with van der Waals surface area (Å²) in [6.07, 6.45) is 5.21. The van der Waals surface area contributed by atoms with E-state index >= 15 is 0 Å². The highest BCUT2D eigenvalue weighted by Crippen LogP contribution is 2.28. The first-order chi connectivity index (χ1) is 9.66. The monoisotopic (exact) mass is 275 g/mol. The summed E-state index contributed by atoms with van der Waals surface area (Å²) in [7, 11) is 0. The van der Waals surface area contributed by atoms with Gasteiger partial charge in [-0.3, -0.25) is 4.79 Å². The van der Waals surface area contributed by atoms with E-state index in [2.05, 4.69) is 12.2 Å². The lowest BCUT2D eigenvalue weighted by atomic mass is 9.82. The molecule has 1 aliphatic rings. The summed E-state index contributed by atoms with van der Waals surface area (Å²) in [5.74, 6) is 0.335. The molecule has 1 aromatic carbocycles. The third kappa shape index (κ3) is 4.34. The maximum Gasteiger partial charge on any atom is 0.312 e. The number of nitrogens with one attached hydrogen (secondary N) is 1. The highest BCUT2D eigenvalue weighted by atomic mass is 16.4. The van der Waals surface area contributed by atoms with Crippen LogP contribution in [0.5, 0.6) is 0 Å². The minimum atomic E-state index is -0.749. The van der Waals surface area contributed by atoms with Crippen molar-refractivity contribution in [1.29, 1.82) is 0 Å². The van der Waals surface area contributed by atoms with Gasteiger partial charge in [0.25, 0.3) is 0 Å². The normalized spacial score (nSPS) is 24.2. The minimum absolute atomic E-state index is 0.447. The summed E-state index contributed by atoms with van der Waals surface area (Å²) in [6, 6.07) is 9.49. The Kier molecular flexibility index (Phi) is 5.60. The molecule has 1 aromatic rings. The van der Waals surface area contributed by atoms with Gasteiger partial charge in [-0.1, -0.05) is 50.1 Å². The van der Waals surface area contributed by atoms with E-state index in [1.165, 1.54) is 25.7 Å². The molecule has 3 unspecified atom stereocenters. The summed E-state index contributed by atoms with van der Waals surface area (Å²) in [6.45, 7) is 3.78. The van der Waals surface area contributed by atoms with Gasteiger partial charge in [-0.25, -0.2) is 0 Å². The highest BCUT2D eigenvalue weighted by molar-refractivity contribution is 5.76. The fourth-order valence-corrected chi connectivity index (χ4v) is 3.21. The molecule has 0 heterocycles. The van der Waals surface area contributed by atoms with Gasteiger partial charge in [0, 0.05) is 6.54 Å². The molecule has 2 N–H and O–H groups in total. The van der Waals surface area contributed by atoms with Crippen molar-refractivity contribution in [1.82, 2.24) is 5.32 Å². The molecule has 0 radical (unpaired) electrons. The first kappa shape index (κ1) is 15.0. The number of carboxylic acid groups (broad SMARTS) is 1. The predicted molar refractivity (Wildman–Crippen MR) is 80.8 cm³/mol. The lowest BCUT2D eigenvalue weighted by molar-refractivity contribution is -0.138. The van der Waals surface area contributed by atoms with Crippen LogP contribution in [0.15, 0.2) is 30.3 Å². The van der Waals surface area contributed by atoms with Crippen LogP contribution in [0.4, 0.5) is 0 Å². The summed E-state index contributed by atoms with van der Waals surface area (Å²) in [4.78, 5) is 11.4. The first-order valence-corrected chi connectivity index (χ1v) is 7.65. The SMILES string of the molecule is CC1CCCC(CNCC(C(=O)O)c2ccccc2)C1. The molecule has 20 heavy (non-hydrogen) atoms. The number of carboxylic acids is 1. The first-order valence-electron chi connectivity index (χ1n) is 7.65. The maximum atomic E-state index is 11.4. The van der Waals surface area contributed by atoms with Crippen LogP contribution in [0.2, 0.25) is 0 Å². The zero-order chi connectivity index (χ0) is 14.4. The van der Waals surface area contributed by atoms with Crippen LogP contribution in [0.1, 0.15) is 44.1 Å². The minimum Gasteiger partial charge on any atom is -0.481 e. The second-order valence-corrected chi connectivity index (χ2v) is 6.10. The molecule has 0 saturated heterocycles. The Balaban J connectivity index is 1.82. The molecular formula is C17H25NO2. The smallest absolute Gasteiger partial charge is 0.312 e. The number of carbonyl (C=O) groups is 1. The van der Waals surface area contributed by atoms with Gasteiger partial charge in [0.15, 0.2) is 0 Å². The van der Waals surface area contributed by atoms with Gasteiger partial charge in [0.1, 0.15) is 0 Å². The number of hydrogen-bond donors (Lipinski definition) is 2. The average Bonchev–Trinajstić information content (AvgIpc) is 2.44. The van der Waals surface area contributed by atoms with Crippen LogP contribution < -0.4 is 5.32 Å². The molecule has 0 aliphatic heterocycles. The van der Waals surface area contributed by atoms with Crippen molar-refractivity contribution in [2.75, 3.05) is 13.1 Å². The van der Waals surface area contributed by atoms with E-state index < -0.39 is 11.9 Å². The van der Waals surface area contributed by atoms with Crippen molar-refractivity contribution >= 4 is 5.97 Å². The molecule has 0 amide bonds. The van der Waals surface area contributed by atoms with E-state index in [1.54, 1.807) is 0 Å². The van der Waals surface area contributed by atoms with Gasteiger partial charge < -0.3 is 10.4 Å². The standard InChI is InChI=1S/C17H25NO2/c1-13-6-5-7-14(10-13)11-18-12-16(17(19)20)15-8-3-2-4-9-15/h2-4,8-9,13-14,16,18H,5-7,10-12H2,1H3,(H,19,20). The van der Waals surface area contributed by atoms with Crippen molar-refractivity contribution in [3.63, 3.8) is 0 Å². The largest absolute Gasteiger partial charge is 0.481 e. The van der Waals surface area contributed by atoms with E-state index in [0.717, 1.165) is 18.0 Å². The Labute approximate surface area is 121 Å². The molecule has 0 aromatic heterocycles. The molecule has 3 atom stereocenters.